The highest BCUT2D eigenvalue weighted by molar-refractivity contribution is 7.18. The number of methoxy groups -OCH3 is 2. The largest absolute Gasteiger partial charge is 0.497 e. The maximum atomic E-state index is 12.8. The number of aromatic nitrogens is 2. The van der Waals surface area contributed by atoms with Gasteiger partial charge in [0, 0.05) is 11.6 Å². The molecule has 0 aliphatic rings. The smallest absolute Gasteiger partial charge is 0.268 e. The SMILES string of the molecule is COc1cccc(OCCOc2ccc(/C=C(/C#N)C(=O)Nc3nnc(-c4ccccc4C)s3)cc2OC)c1. The number of ether oxygens (including phenoxy) is 4. The second-order valence-corrected chi connectivity index (χ2v) is 9.11. The fourth-order valence-electron chi connectivity index (χ4n) is 3.57. The summed E-state index contributed by atoms with van der Waals surface area (Å²) in [5.74, 6) is 1.75. The minimum Gasteiger partial charge on any atom is -0.497 e. The van der Waals surface area contributed by atoms with E-state index in [2.05, 4.69) is 15.5 Å². The minimum absolute atomic E-state index is 0.0925. The van der Waals surface area contributed by atoms with Gasteiger partial charge in [0.25, 0.3) is 5.91 Å². The topological polar surface area (TPSA) is 116 Å². The van der Waals surface area contributed by atoms with E-state index in [1.807, 2.05) is 55.5 Å². The first-order valence-corrected chi connectivity index (χ1v) is 12.7. The molecule has 3 aromatic carbocycles. The first-order chi connectivity index (χ1) is 19.0. The molecule has 4 rings (SSSR count). The summed E-state index contributed by atoms with van der Waals surface area (Å²) in [6.45, 7) is 2.57. The van der Waals surface area contributed by atoms with E-state index in [0.29, 0.717) is 45.3 Å². The Hall–Kier alpha value is -4.88. The van der Waals surface area contributed by atoms with E-state index in [1.54, 1.807) is 31.4 Å². The lowest BCUT2D eigenvalue weighted by atomic mass is 10.1. The number of rotatable bonds is 11. The van der Waals surface area contributed by atoms with Crippen LogP contribution in [0.15, 0.2) is 72.3 Å². The number of carbonyl (C=O) groups excluding carboxylic acids is 1. The fraction of sp³-hybridized carbons (Fsp3) is 0.172. The summed E-state index contributed by atoms with van der Waals surface area (Å²) in [7, 11) is 3.11. The van der Waals surface area contributed by atoms with Crippen molar-refractivity contribution < 1.29 is 23.7 Å². The van der Waals surface area contributed by atoms with Crippen LogP contribution >= 0.6 is 11.3 Å². The van der Waals surface area contributed by atoms with Gasteiger partial charge in [0.1, 0.15) is 41.4 Å². The van der Waals surface area contributed by atoms with Crippen molar-refractivity contribution in [2.75, 3.05) is 32.8 Å². The molecule has 0 bridgehead atoms. The molecule has 4 aromatic rings. The highest BCUT2D eigenvalue weighted by Crippen LogP contribution is 2.30. The van der Waals surface area contributed by atoms with Crippen LogP contribution in [-0.2, 0) is 4.79 Å². The van der Waals surface area contributed by atoms with E-state index in [-0.39, 0.29) is 12.2 Å². The van der Waals surface area contributed by atoms with Gasteiger partial charge in [-0.25, -0.2) is 0 Å². The Balaban J connectivity index is 1.38. The minimum atomic E-state index is -0.584. The lowest BCUT2D eigenvalue weighted by Gasteiger charge is -2.12. The van der Waals surface area contributed by atoms with Gasteiger partial charge >= 0.3 is 0 Å². The van der Waals surface area contributed by atoms with Crippen molar-refractivity contribution in [3.8, 4) is 39.6 Å². The highest BCUT2D eigenvalue weighted by Gasteiger charge is 2.15. The van der Waals surface area contributed by atoms with Crippen molar-refractivity contribution in [3.05, 3.63) is 83.4 Å². The van der Waals surface area contributed by atoms with Gasteiger partial charge in [0.15, 0.2) is 11.5 Å². The molecule has 1 amide bonds. The van der Waals surface area contributed by atoms with Gasteiger partial charge in [-0.1, -0.05) is 47.7 Å². The molecular formula is C29H26N4O5S. The molecular weight excluding hydrogens is 516 g/mol. The number of nitrogens with zero attached hydrogens (tertiary/aromatic N) is 3. The van der Waals surface area contributed by atoms with E-state index >= 15 is 0 Å². The molecule has 1 heterocycles. The van der Waals surface area contributed by atoms with Crippen molar-refractivity contribution in [1.29, 1.82) is 5.26 Å². The quantitative estimate of drug-likeness (QED) is 0.149. The highest BCUT2D eigenvalue weighted by atomic mass is 32.1. The molecule has 0 atom stereocenters. The molecule has 0 radical (unpaired) electrons. The Morgan fingerprint density at radius 1 is 0.949 bits per heavy atom. The van der Waals surface area contributed by atoms with Gasteiger partial charge in [-0.05, 0) is 48.4 Å². The first kappa shape index (κ1) is 27.2. The van der Waals surface area contributed by atoms with E-state index in [4.69, 9.17) is 18.9 Å². The predicted octanol–water partition coefficient (Wildman–Crippen LogP) is 5.53. The molecule has 0 spiro atoms. The van der Waals surface area contributed by atoms with Gasteiger partial charge in [-0.15, -0.1) is 10.2 Å². The molecule has 1 N–H and O–H groups in total. The standard InChI is InChI=1S/C29H26N4O5S/c1-19-7-4-5-10-24(19)28-32-33-29(39-28)31-27(34)21(18-30)15-20-11-12-25(26(16-20)36-3)38-14-13-37-23-9-6-8-22(17-23)35-2/h4-12,15-17H,13-14H2,1-3H3,(H,31,33,34)/b21-15-. The van der Waals surface area contributed by atoms with Gasteiger partial charge in [0.2, 0.25) is 5.13 Å². The van der Waals surface area contributed by atoms with E-state index < -0.39 is 5.91 Å². The molecule has 0 saturated heterocycles. The van der Waals surface area contributed by atoms with Crippen molar-refractivity contribution in [2.24, 2.45) is 0 Å². The van der Waals surface area contributed by atoms with E-state index in [9.17, 15) is 10.1 Å². The third-order valence-electron chi connectivity index (χ3n) is 5.54. The van der Waals surface area contributed by atoms with Crippen LogP contribution in [0.25, 0.3) is 16.6 Å². The first-order valence-electron chi connectivity index (χ1n) is 11.9. The lowest BCUT2D eigenvalue weighted by Crippen LogP contribution is -2.13. The molecule has 9 nitrogen and oxygen atoms in total. The zero-order valence-electron chi connectivity index (χ0n) is 21.6. The Bertz CT molecular complexity index is 1530. The van der Waals surface area contributed by atoms with E-state index in [0.717, 1.165) is 11.1 Å². The Morgan fingerprint density at radius 2 is 1.74 bits per heavy atom. The third-order valence-corrected chi connectivity index (χ3v) is 6.41. The monoisotopic (exact) mass is 542 g/mol. The normalized spacial score (nSPS) is 10.9. The number of amides is 1. The second kappa shape index (κ2) is 13.1. The van der Waals surface area contributed by atoms with E-state index in [1.165, 1.54) is 24.5 Å². The van der Waals surface area contributed by atoms with Gasteiger partial charge in [-0.2, -0.15) is 5.26 Å². The van der Waals surface area contributed by atoms with Crippen molar-refractivity contribution in [2.45, 2.75) is 6.92 Å². The Kier molecular flexibility index (Phi) is 9.11. The average Bonchev–Trinajstić information content (AvgIpc) is 3.42. The van der Waals surface area contributed by atoms with Crippen molar-refractivity contribution >= 4 is 28.5 Å². The number of nitrogens with one attached hydrogen (secondary N) is 1. The number of benzene rings is 3. The fourth-order valence-corrected chi connectivity index (χ4v) is 4.40. The van der Waals surface area contributed by atoms with Crippen molar-refractivity contribution in [1.82, 2.24) is 10.2 Å². The Labute approximate surface area is 230 Å². The van der Waals surface area contributed by atoms with Crippen LogP contribution in [0.1, 0.15) is 11.1 Å². The Morgan fingerprint density at radius 3 is 2.51 bits per heavy atom. The van der Waals surface area contributed by atoms with Crippen LogP contribution in [0.2, 0.25) is 0 Å². The number of carbonyl (C=O) groups is 1. The summed E-state index contributed by atoms with van der Waals surface area (Å²) in [5, 5.41) is 21.5. The zero-order valence-corrected chi connectivity index (χ0v) is 22.5. The molecule has 0 saturated carbocycles. The summed E-state index contributed by atoms with van der Waals surface area (Å²) in [6, 6.07) is 22.2. The maximum absolute atomic E-state index is 12.8. The molecule has 0 unspecified atom stereocenters. The maximum Gasteiger partial charge on any atom is 0.268 e. The van der Waals surface area contributed by atoms with Crippen LogP contribution in [0, 0.1) is 18.3 Å². The molecule has 198 valence electrons. The second-order valence-electron chi connectivity index (χ2n) is 8.14. The van der Waals surface area contributed by atoms with Crippen LogP contribution in [0.5, 0.6) is 23.0 Å². The molecule has 10 heteroatoms. The van der Waals surface area contributed by atoms with Crippen LogP contribution in [0.4, 0.5) is 5.13 Å². The van der Waals surface area contributed by atoms with Crippen molar-refractivity contribution in [3.63, 3.8) is 0 Å². The number of hydrogen-bond acceptors (Lipinski definition) is 9. The summed E-state index contributed by atoms with van der Waals surface area (Å²) in [5.41, 5.74) is 2.49. The summed E-state index contributed by atoms with van der Waals surface area (Å²) >= 11 is 1.24. The van der Waals surface area contributed by atoms with Crippen LogP contribution < -0.4 is 24.3 Å². The number of aryl methyl sites for hydroxylation is 1. The number of hydrogen-bond donors (Lipinski definition) is 1. The summed E-state index contributed by atoms with van der Waals surface area (Å²) < 4.78 is 22.1. The molecule has 0 aliphatic carbocycles. The van der Waals surface area contributed by atoms with Crippen LogP contribution in [-0.4, -0.2) is 43.5 Å². The lowest BCUT2D eigenvalue weighted by molar-refractivity contribution is -0.112. The molecule has 1 aromatic heterocycles. The molecule has 0 aliphatic heterocycles. The third kappa shape index (κ3) is 7.12. The van der Waals surface area contributed by atoms with Gasteiger partial charge in [0.05, 0.1) is 14.2 Å². The molecule has 0 fully saturated rings. The summed E-state index contributed by atoms with van der Waals surface area (Å²) in [4.78, 5) is 12.8. The predicted molar refractivity (Wildman–Crippen MR) is 149 cm³/mol. The number of anilines is 1. The van der Waals surface area contributed by atoms with Gasteiger partial charge < -0.3 is 18.9 Å². The number of nitriles is 1. The average molecular weight is 543 g/mol. The summed E-state index contributed by atoms with van der Waals surface area (Å²) in [6.07, 6.45) is 1.47. The zero-order chi connectivity index (χ0) is 27.6. The molecule has 39 heavy (non-hydrogen) atoms. The van der Waals surface area contributed by atoms with Crippen LogP contribution in [0.3, 0.4) is 0 Å². The van der Waals surface area contributed by atoms with Gasteiger partial charge in [-0.3, -0.25) is 10.1 Å².